The van der Waals surface area contributed by atoms with Crippen molar-refractivity contribution in [1.29, 1.82) is 0 Å². The molecule has 1 N–H and O–H groups in total. The standard InChI is InChI=1S/C14H26N2O4S/c1-7-14(5)13(18)16(10(4)8-21(6,19)20)11(9(2)3)12(17)15-14/h9-11H,7-8H2,1-6H3,(H,15,17). The van der Waals surface area contributed by atoms with Crippen molar-refractivity contribution in [3.05, 3.63) is 0 Å². The van der Waals surface area contributed by atoms with Gasteiger partial charge in [0.1, 0.15) is 21.4 Å². The highest BCUT2D eigenvalue weighted by atomic mass is 32.2. The maximum atomic E-state index is 12.8. The van der Waals surface area contributed by atoms with Crippen LogP contribution in [-0.2, 0) is 19.4 Å². The van der Waals surface area contributed by atoms with Gasteiger partial charge in [-0.25, -0.2) is 8.42 Å². The Morgan fingerprint density at radius 2 is 1.81 bits per heavy atom. The summed E-state index contributed by atoms with van der Waals surface area (Å²) < 4.78 is 23.1. The molecule has 122 valence electrons. The lowest BCUT2D eigenvalue weighted by Crippen LogP contribution is -2.72. The first kappa shape index (κ1) is 17.9. The first-order chi connectivity index (χ1) is 9.43. The number of nitrogens with one attached hydrogen (secondary N) is 1. The highest BCUT2D eigenvalue weighted by molar-refractivity contribution is 7.90. The second-order valence-electron chi connectivity index (χ2n) is 6.52. The number of hydrogen-bond donors (Lipinski definition) is 1. The van der Waals surface area contributed by atoms with Crippen LogP contribution in [0.4, 0.5) is 0 Å². The van der Waals surface area contributed by atoms with Crippen molar-refractivity contribution in [2.75, 3.05) is 12.0 Å². The van der Waals surface area contributed by atoms with Crippen LogP contribution in [0.5, 0.6) is 0 Å². The molecule has 3 unspecified atom stereocenters. The minimum absolute atomic E-state index is 0.0858. The molecule has 0 aromatic carbocycles. The third kappa shape index (κ3) is 3.75. The van der Waals surface area contributed by atoms with Gasteiger partial charge in [-0.05, 0) is 26.2 Å². The summed E-state index contributed by atoms with van der Waals surface area (Å²) in [5, 5.41) is 2.79. The van der Waals surface area contributed by atoms with Gasteiger partial charge in [0, 0.05) is 12.3 Å². The monoisotopic (exact) mass is 318 g/mol. The summed E-state index contributed by atoms with van der Waals surface area (Å²) in [6.07, 6.45) is 1.60. The van der Waals surface area contributed by atoms with E-state index in [-0.39, 0.29) is 23.5 Å². The van der Waals surface area contributed by atoms with E-state index in [1.807, 2.05) is 20.8 Å². The minimum atomic E-state index is -3.23. The second-order valence-corrected chi connectivity index (χ2v) is 8.70. The maximum absolute atomic E-state index is 12.8. The zero-order chi connectivity index (χ0) is 16.6. The number of carbonyl (C=O) groups is 2. The number of nitrogens with zero attached hydrogens (tertiary/aromatic N) is 1. The summed E-state index contributed by atoms with van der Waals surface area (Å²) >= 11 is 0. The van der Waals surface area contributed by atoms with E-state index in [1.165, 1.54) is 4.90 Å². The first-order valence-electron chi connectivity index (χ1n) is 7.25. The molecule has 2 amide bonds. The summed E-state index contributed by atoms with van der Waals surface area (Å²) in [5.74, 6) is -0.652. The third-order valence-corrected chi connectivity index (χ3v) is 5.12. The lowest BCUT2D eigenvalue weighted by Gasteiger charge is -2.48. The molecule has 0 aromatic heterocycles. The molecule has 7 heteroatoms. The SMILES string of the molecule is CCC1(C)NC(=O)C(C(C)C)N(C(C)CS(C)(=O)=O)C1=O. The van der Waals surface area contributed by atoms with Gasteiger partial charge in [-0.2, -0.15) is 0 Å². The van der Waals surface area contributed by atoms with Crippen LogP contribution in [0.15, 0.2) is 0 Å². The molecule has 0 bridgehead atoms. The Labute approximate surface area is 127 Å². The van der Waals surface area contributed by atoms with Crippen molar-refractivity contribution in [3.63, 3.8) is 0 Å². The van der Waals surface area contributed by atoms with Crippen molar-refractivity contribution < 1.29 is 18.0 Å². The molecular formula is C14H26N2O4S. The van der Waals surface area contributed by atoms with Crippen molar-refractivity contribution in [3.8, 4) is 0 Å². The molecule has 0 saturated carbocycles. The normalized spacial score (nSPS) is 28.7. The van der Waals surface area contributed by atoms with E-state index < -0.39 is 27.5 Å². The largest absolute Gasteiger partial charge is 0.340 e. The van der Waals surface area contributed by atoms with Crippen LogP contribution in [0.2, 0.25) is 0 Å². The lowest BCUT2D eigenvalue weighted by molar-refractivity contribution is -0.158. The van der Waals surface area contributed by atoms with E-state index in [0.29, 0.717) is 6.42 Å². The zero-order valence-corrected chi connectivity index (χ0v) is 14.5. The average Bonchev–Trinajstić information content (AvgIpc) is 2.30. The van der Waals surface area contributed by atoms with E-state index >= 15 is 0 Å². The smallest absolute Gasteiger partial charge is 0.248 e. The van der Waals surface area contributed by atoms with E-state index in [2.05, 4.69) is 5.32 Å². The summed E-state index contributed by atoms with van der Waals surface area (Å²) in [7, 11) is -3.23. The fourth-order valence-corrected chi connectivity index (χ4v) is 3.83. The fraction of sp³-hybridized carbons (Fsp3) is 0.857. The molecule has 1 rings (SSSR count). The molecule has 1 heterocycles. The molecule has 0 radical (unpaired) electrons. The molecule has 0 aromatic rings. The van der Waals surface area contributed by atoms with Gasteiger partial charge in [0.2, 0.25) is 11.8 Å². The summed E-state index contributed by atoms with van der Waals surface area (Å²) in [6.45, 7) is 8.90. The molecule has 6 nitrogen and oxygen atoms in total. The van der Waals surface area contributed by atoms with Gasteiger partial charge in [-0.15, -0.1) is 0 Å². The van der Waals surface area contributed by atoms with Gasteiger partial charge in [-0.3, -0.25) is 9.59 Å². The Kier molecular flexibility index (Phi) is 5.08. The van der Waals surface area contributed by atoms with E-state index in [9.17, 15) is 18.0 Å². The molecule has 1 aliphatic rings. The van der Waals surface area contributed by atoms with Crippen LogP contribution in [0.1, 0.15) is 41.0 Å². The first-order valence-corrected chi connectivity index (χ1v) is 9.31. The fourth-order valence-electron chi connectivity index (χ4n) is 2.79. The second kappa shape index (κ2) is 5.94. The zero-order valence-electron chi connectivity index (χ0n) is 13.6. The minimum Gasteiger partial charge on any atom is -0.340 e. The Morgan fingerprint density at radius 3 is 2.19 bits per heavy atom. The maximum Gasteiger partial charge on any atom is 0.248 e. The lowest BCUT2D eigenvalue weighted by atomic mass is 9.87. The number of carbonyl (C=O) groups excluding carboxylic acids is 2. The Balaban J connectivity index is 3.23. The van der Waals surface area contributed by atoms with E-state index in [4.69, 9.17) is 0 Å². The van der Waals surface area contributed by atoms with Gasteiger partial charge in [0.05, 0.1) is 5.75 Å². The summed E-state index contributed by atoms with van der Waals surface area (Å²) in [4.78, 5) is 26.6. The topological polar surface area (TPSA) is 83.6 Å². The Morgan fingerprint density at radius 1 is 1.29 bits per heavy atom. The van der Waals surface area contributed by atoms with E-state index in [1.54, 1.807) is 13.8 Å². The number of rotatable bonds is 5. The van der Waals surface area contributed by atoms with Crippen LogP contribution in [-0.4, -0.2) is 54.8 Å². The van der Waals surface area contributed by atoms with Gasteiger partial charge < -0.3 is 10.2 Å². The quantitative estimate of drug-likeness (QED) is 0.803. The summed E-state index contributed by atoms with van der Waals surface area (Å²) in [6, 6.07) is -1.16. The van der Waals surface area contributed by atoms with E-state index in [0.717, 1.165) is 6.26 Å². The highest BCUT2D eigenvalue weighted by Gasteiger charge is 2.49. The molecule has 1 fully saturated rings. The van der Waals surface area contributed by atoms with Crippen LogP contribution < -0.4 is 5.32 Å². The molecule has 3 atom stereocenters. The molecule has 1 saturated heterocycles. The van der Waals surface area contributed by atoms with Crippen molar-refractivity contribution in [2.45, 2.75) is 58.7 Å². The molecule has 0 aliphatic carbocycles. The number of piperazine rings is 1. The predicted octanol–water partition coefficient (Wildman–Crippen LogP) is 0.571. The molecule has 21 heavy (non-hydrogen) atoms. The van der Waals surface area contributed by atoms with Crippen molar-refractivity contribution in [1.82, 2.24) is 10.2 Å². The molecular weight excluding hydrogens is 292 g/mol. The highest BCUT2D eigenvalue weighted by Crippen LogP contribution is 2.27. The number of hydrogen-bond acceptors (Lipinski definition) is 4. The molecule has 1 aliphatic heterocycles. The van der Waals surface area contributed by atoms with Gasteiger partial charge in [0.25, 0.3) is 0 Å². The number of amides is 2. The van der Waals surface area contributed by atoms with Crippen molar-refractivity contribution in [2.24, 2.45) is 5.92 Å². The van der Waals surface area contributed by atoms with Crippen LogP contribution in [0, 0.1) is 5.92 Å². The molecule has 0 spiro atoms. The predicted molar refractivity (Wildman–Crippen MR) is 81.5 cm³/mol. The van der Waals surface area contributed by atoms with Gasteiger partial charge >= 0.3 is 0 Å². The number of sulfone groups is 1. The van der Waals surface area contributed by atoms with Gasteiger partial charge in [-0.1, -0.05) is 20.8 Å². The third-order valence-electron chi connectivity index (χ3n) is 4.03. The van der Waals surface area contributed by atoms with Crippen LogP contribution in [0.25, 0.3) is 0 Å². The van der Waals surface area contributed by atoms with Crippen LogP contribution in [0.3, 0.4) is 0 Å². The van der Waals surface area contributed by atoms with Gasteiger partial charge in [0.15, 0.2) is 0 Å². The van der Waals surface area contributed by atoms with Crippen LogP contribution >= 0.6 is 0 Å². The Hall–Kier alpha value is -1.11. The Bertz CT molecular complexity index is 529. The summed E-state index contributed by atoms with van der Waals surface area (Å²) in [5.41, 5.74) is -0.964. The average molecular weight is 318 g/mol. The van der Waals surface area contributed by atoms with Crippen molar-refractivity contribution >= 4 is 21.7 Å².